The highest BCUT2D eigenvalue weighted by Gasteiger charge is 2.28. The van der Waals surface area contributed by atoms with Gasteiger partial charge in [0.1, 0.15) is 0 Å². The molecule has 0 aliphatic heterocycles. The van der Waals surface area contributed by atoms with Crippen molar-refractivity contribution in [1.29, 1.82) is 0 Å². The van der Waals surface area contributed by atoms with Crippen LogP contribution in [0.15, 0.2) is 0 Å². The van der Waals surface area contributed by atoms with Crippen molar-refractivity contribution in [2.75, 3.05) is 6.61 Å². The van der Waals surface area contributed by atoms with Gasteiger partial charge in [-0.25, -0.2) is 0 Å². The largest absolute Gasteiger partial charge is 0.378 e. The van der Waals surface area contributed by atoms with Crippen LogP contribution in [0.25, 0.3) is 0 Å². The van der Waals surface area contributed by atoms with Crippen LogP contribution >= 0.6 is 0 Å². The van der Waals surface area contributed by atoms with Gasteiger partial charge in [0.2, 0.25) is 0 Å². The quantitative estimate of drug-likeness (QED) is 0.652. The lowest BCUT2D eigenvalue weighted by Gasteiger charge is -2.35. The fraction of sp³-hybridized carbons (Fsp3) is 1.00. The van der Waals surface area contributed by atoms with Gasteiger partial charge in [0, 0.05) is 6.61 Å². The van der Waals surface area contributed by atoms with Crippen LogP contribution in [0.1, 0.15) is 47.0 Å². The molecule has 0 heterocycles. The monoisotopic (exact) mass is 184 g/mol. The summed E-state index contributed by atoms with van der Waals surface area (Å²) in [5.74, 6) is 2.55. The van der Waals surface area contributed by atoms with Gasteiger partial charge in [-0.1, -0.05) is 20.8 Å². The molecule has 0 radical (unpaired) electrons. The van der Waals surface area contributed by atoms with Crippen molar-refractivity contribution in [3.05, 3.63) is 0 Å². The van der Waals surface area contributed by atoms with Gasteiger partial charge < -0.3 is 4.74 Å². The molecule has 13 heavy (non-hydrogen) atoms. The maximum absolute atomic E-state index is 5.72. The Balaban J connectivity index is 2.37. The Morgan fingerprint density at radius 2 is 2.00 bits per heavy atom. The molecule has 0 saturated heterocycles. The van der Waals surface area contributed by atoms with Crippen LogP contribution in [0.2, 0.25) is 0 Å². The molecule has 0 aromatic heterocycles. The molecule has 0 bridgehead atoms. The van der Waals surface area contributed by atoms with Crippen molar-refractivity contribution in [3.8, 4) is 0 Å². The van der Waals surface area contributed by atoms with Crippen molar-refractivity contribution >= 4 is 0 Å². The Bertz CT molecular complexity index is 142. The lowest BCUT2D eigenvalue weighted by molar-refractivity contribution is -0.0163. The lowest BCUT2D eigenvalue weighted by atomic mass is 9.75. The minimum Gasteiger partial charge on any atom is -0.378 e. The molecule has 1 heteroatoms. The summed E-state index contributed by atoms with van der Waals surface area (Å²) in [6.45, 7) is 10.0. The summed E-state index contributed by atoms with van der Waals surface area (Å²) in [4.78, 5) is 0. The second kappa shape index (κ2) is 4.99. The second-order valence-corrected chi connectivity index (χ2v) is 4.79. The predicted octanol–water partition coefficient (Wildman–Crippen LogP) is 3.48. The zero-order chi connectivity index (χ0) is 9.84. The molecule has 1 saturated carbocycles. The molecule has 1 fully saturated rings. The summed E-state index contributed by atoms with van der Waals surface area (Å²) >= 11 is 0. The molecule has 1 rings (SSSR count). The van der Waals surface area contributed by atoms with Crippen molar-refractivity contribution in [1.82, 2.24) is 0 Å². The van der Waals surface area contributed by atoms with E-state index in [1.54, 1.807) is 0 Å². The predicted molar refractivity (Wildman–Crippen MR) is 56.8 cm³/mol. The van der Waals surface area contributed by atoms with Gasteiger partial charge in [-0.05, 0) is 43.9 Å². The molecule has 78 valence electrons. The Hall–Kier alpha value is -0.0400. The molecule has 0 spiro atoms. The maximum Gasteiger partial charge on any atom is 0.0600 e. The van der Waals surface area contributed by atoms with Gasteiger partial charge in [0.25, 0.3) is 0 Å². The van der Waals surface area contributed by atoms with Crippen molar-refractivity contribution in [3.63, 3.8) is 0 Å². The first-order valence-corrected chi connectivity index (χ1v) is 5.76. The van der Waals surface area contributed by atoms with Gasteiger partial charge >= 0.3 is 0 Å². The van der Waals surface area contributed by atoms with Crippen LogP contribution in [-0.2, 0) is 4.74 Å². The number of hydrogen-bond acceptors (Lipinski definition) is 1. The minimum atomic E-state index is 0.542. The Kier molecular flexibility index (Phi) is 4.24. The molecule has 3 atom stereocenters. The lowest BCUT2D eigenvalue weighted by Crippen LogP contribution is -2.31. The van der Waals surface area contributed by atoms with Crippen LogP contribution in [0.5, 0.6) is 0 Å². The zero-order valence-corrected chi connectivity index (χ0v) is 9.55. The molecule has 1 nitrogen and oxygen atoms in total. The molecule has 0 N–H and O–H groups in total. The van der Waals surface area contributed by atoms with Crippen LogP contribution in [0, 0.1) is 17.8 Å². The third kappa shape index (κ3) is 2.98. The first-order valence-electron chi connectivity index (χ1n) is 5.76. The molecular weight excluding hydrogens is 160 g/mol. The molecule has 1 aliphatic carbocycles. The number of hydrogen-bond donors (Lipinski definition) is 0. The van der Waals surface area contributed by atoms with E-state index in [2.05, 4.69) is 27.7 Å². The zero-order valence-electron chi connectivity index (χ0n) is 9.55. The molecule has 0 amide bonds. The number of rotatable bonds is 3. The first kappa shape index (κ1) is 11.0. The Morgan fingerprint density at radius 3 is 2.46 bits per heavy atom. The van der Waals surface area contributed by atoms with E-state index in [0.29, 0.717) is 6.10 Å². The van der Waals surface area contributed by atoms with Crippen LogP contribution in [0.4, 0.5) is 0 Å². The van der Waals surface area contributed by atoms with E-state index in [-0.39, 0.29) is 0 Å². The van der Waals surface area contributed by atoms with Gasteiger partial charge in [-0.2, -0.15) is 0 Å². The van der Waals surface area contributed by atoms with E-state index >= 15 is 0 Å². The van der Waals surface area contributed by atoms with Crippen molar-refractivity contribution in [2.45, 2.75) is 53.1 Å². The fourth-order valence-corrected chi connectivity index (χ4v) is 2.48. The summed E-state index contributed by atoms with van der Waals surface area (Å²) in [6.07, 6.45) is 4.55. The molecule has 1 aliphatic rings. The maximum atomic E-state index is 5.72. The topological polar surface area (TPSA) is 9.23 Å². The standard InChI is InChI=1S/C12H24O/c1-5-13-12-7-6-11(9(2)3)8-10(12)4/h9-12H,5-8H2,1-4H3/t10?,11?,12-/m0/s1. The molecule has 2 unspecified atom stereocenters. The van der Waals surface area contributed by atoms with Crippen LogP contribution < -0.4 is 0 Å². The molecular formula is C12H24O. The van der Waals surface area contributed by atoms with Crippen molar-refractivity contribution < 1.29 is 4.74 Å². The first-order chi connectivity index (χ1) is 6.15. The van der Waals surface area contributed by atoms with Crippen LogP contribution in [-0.4, -0.2) is 12.7 Å². The van der Waals surface area contributed by atoms with E-state index in [1.807, 2.05) is 0 Å². The minimum absolute atomic E-state index is 0.542. The third-order valence-corrected chi connectivity index (χ3v) is 3.45. The van der Waals surface area contributed by atoms with Gasteiger partial charge in [-0.3, -0.25) is 0 Å². The average molecular weight is 184 g/mol. The van der Waals surface area contributed by atoms with E-state index in [1.165, 1.54) is 19.3 Å². The van der Waals surface area contributed by atoms with E-state index in [9.17, 15) is 0 Å². The summed E-state index contributed by atoms with van der Waals surface area (Å²) in [5.41, 5.74) is 0. The highest BCUT2D eigenvalue weighted by atomic mass is 16.5. The SMILES string of the molecule is CCO[C@H]1CCC(C(C)C)CC1C. The van der Waals surface area contributed by atoms with Crippen LogP contribution in [0.3, 0.4) is 0 Å². The van der Waals surface area contributed by atoms with E-state index in [4.69, 9.17) is 4.74 Å². The highest BCUT2D eigenvalue weighted by Crippen LogP contribution is 2.34. The molecule has 0 aromatic rings. The Morgan fingerprint density at radius 1 is 1.31 bits per heavy atom. The van der Waals surface area contributed by atoms with E-state index in [0.717, 1.165) is 24.4 Å². The average Bonchev–Trinajstić information content (AvgIpc) is 2.08. The summed E-state index contributed by atoms with van der Waals surface area (Å²) in [5, 5.41) is 0. The fourth-order valence-electron chi connectivity index (χ4n) is 2.48. The Labute approximate surface area is 82.9 Å². The summed E-state index contributed by atoms with van der Waals surface area (Å²) < 4.78 is 5.72. The summed E-state index contributed by atoms with van der Waals surface area (Å²) in [6, 6.07) is 0. The van der Waals surface area contributed by atoms with E-state index < -0.39 is 0 Å². The van der Waals surface area contributed by atoms with Gasteiger partial charge in [0.15, 0.2) is 0 Å². The van der Waals surface area contributed by atoms with Crippen molar-refractivity contribution in [2.24, 2.45) is 17.8 Å². The van der Waals surface area contributed by atoms with Gasteiger partial charge in [-0.15, -0.1) is 0 Å². The highest BCUT2D eigenvalue weighted by molar-refractivity contribution is 4.79. The molecule has 0 aromatic carbocycles. The smallest absolute Gasteiger partial charge is 0.0600 e. The number of ether oxygens (including phenoxy) is 1. The third-order valence-electron chi connectivity index (χ3n) is 3.45. The second-order valence-electron chi connectivity index (χ2n) is 4.79. The normalized spacial score (nSPS) is 35.3. The van der Waals surface area contributed by atoms with Gasteiger partial charge in [0.05, 0.1) is 6.10 Å². The summed E-state index contributed by atoms with van der Waals surface area (Å²) in [7, 11) is 0.